The minimum atomic E-state index is -3.63. The maximum atomic E-state index is 12.3. The molecule has 0 spiro atoms. The van der Waals surface area contributed by atoms with E-state index in [2.05, 4.69) is 4.72 Å². The molecule has 0 aromatic heterocycles. The zero-order chi connectivity index (χ0) is 15.5. The maximum Gasteiger partial charge on any atom is 0.280 e. The van der Waals surface area contributed by atoms with Gasteiger partial charge in [0, 0.05) is 26.2 Å². The molecule has 2 aliphatic rings. The van der Waals surface area contributed by atoms with Gasteiger partial charge in [0.15, 0.2) is 0 Å². The van der Waals surface area contributed by atoms with Gasteiger partial charge in [0.2, 0.25) is 5.91 Å². The molecule has 2 aliphatic heterocycles. The summed E-state index contributed by atoms with van der Waals surface area (Å²) in [5.41, 5.74) is 0. The fourth-order valence-electron chi connectivity index (χ4n) is 2.83. The molecule has 2 atom stereocenters. The number of carbonyl (C=O) groups is 1. The number of nitrogens with one attached hydrogen (secondary N) is 1. The van der Waals surface area contributed by atoms with Crippen molar-refractivity contribution in [3.63, 3.8) is 0 Å². The van der Waals surface area contributed by atoms with Crippen LogP contribution in [0.4, 0.5) is 0 Å². The summed E-state index contributed by atoms with van der Waals surface area (Å²) in [5, 5.41) is 0. The third-order valence-corrected chi connectivity index (χ3v) is 5.33. The van der Waals surface area contributed by atoms with Gasteiger partial charge < -0.3 is 9.64 Å². The molecule has 0 bridgehead atoms. The SMILES string of the molecule is CC1CN(S(=O)(=O)NCC(=O)N2CCCCC2)CC(C)O1. The molecule has 0 saturated carbocycles. The van der Waals surface area contributed by atoms with Crippen molar-refractivity contribution in [2.45, 2.75) is 45.3 Å². The predicted molar refractivity (Wildman–Crippen MR) is 78.9 cm³/mol. The van der Waals surface area contributed by atoms with Crippen molar-refractivity contribution < 1.29 is 17.9 Å². The monoisotopic (exact) mass is 319 g/mol. The minimum absolute atomic E-state index is 0.136. The number of rotatable bonds is 4. The predicted octanol–water partition coefficient (Wildman–Crippen LogP) is -0.0575. The molecular formula is C13H25N3O4S. The van der Waals surface area contributed by atoms with E-state index in [4.69, 9.17) is 4.74 Å². The molecule has 1 amide bonds. The molecule has 2 saturated heterocycles. The average Bonchev–Trinajstić information content (AvgIpc) is 2.45. The van der Waals surface area contributed by atoms with E-state index in [1.807, 2.05) is 13.8 Å². The van der Waals surface area contributed by atoms with E-state index in [0.29, 0.717) is 13.1 Å². The quantitative estimate of drug-likeness (QED) is 0.787. The Balaban J connectivity index is 1.87. The molecule has 8 heteroatoms. The molecule has 7 nitrogen and oxygen atoms in total. The first-order valence-electron chi connectivity index (χ1n) is 7.56. The van der Waals surface area contributed by atoms with Crippen molar-refractivity contribution >= 4 is 16.1 Å². The van der Waals surface area contributed by atoms with Gasteiger partial charge in [-0.15, -0.1) is 0 Å². The number of hydrogen-bond acceptors (Lipinski definition) is 4. The Bertz CT molecular complexity index is 452. The number of amides is 1. The highest BCUT2D eigenvalue weighted by molar-refractivity contribution is 7.87. The zero-order valence-electron chi connectivity index (χ0n) is 12.7. The Labute approximate surface area is 126 Å². The third-order valence-electron chi connectivity index (χ3n) is 3.84. The Morgan fingerprint density at radius 2 is 1.71 bits per heavy atom. The molecule has 0 aromatic rings. The number of hydrogen-bond donors (Lipinski definition) is 1. The van der Waals surface area contributed by atoms with Gasteiger partial charge >= 0.3 is 0 Å². The highest BCUT2D eigenvalue weighted by atomic mass is 32.2. The van der Waals surface area contributed by atoms with Crippen molar-refractivity contribution in [1.82, 2.24) is 13.9 Å². The van der Waals surface area contributed by atoms with Crippen LogP contribution in [0.5, 0.6) is 0 Å². The highest BCUT2D eigenvalue weighted by Crippen LogP contribution is 2.13. The van der Waals surface area contributed by atoms with Crippen LogP contribution in [0.15, 0.2) is 0 Å². The van der Waals surface area contributed by atoms with E-state index in [0.717, 1.165) is 32.4 Å². The Morgan fingerprint density at radius 1 is 1.14 bits per heavy atom. The Hall–Kier alpha value is -0.700. The van der Waals surface area contributed by atoms with Crippen molar-refractivity contribution in [2.75, 3.05) is 32.7 Å². The lowest BCUT2D eigenvalue weighted by atomic mass is 10.1. The topological polar surface area (TPSA) is 79.0 Å². The number of morpholine rings is 1. The van der Waals surface area contributed by atoms with Gasteiger partial charge in [0.25, 0.3) is 10.2 Å². The lowest BCUT2D eigenvalue weighted by molar-refractivity contribution is -0.130. The molecule has 0 aromatic carbocycles. The molecule has 2 rings (SSSR count). The van der Waals surface area contributed by atoms with Gasteiger partial charge in [0.05, 0.1) is 18.8 Å². The summed E-state index contributed by atoms with van der Waals surface area (Å²) in [6.45, 7) is 5.62. The van der Waals surface area contributed by atoms with Crippen LogP contribution in [0.25, 0.3) is 0 Å². The second kappa shape index (κ2) is 7.04. The van der Waals surface area contributed by atoms with Gasteiger partial charge in [-0.3, -0.25) is 4.79 Å². The van der Waals surface area contributed by atoms with E-state index >= 15 is 0 Å². The molecule has 122 valence electrons. The van der Waals surface area contributed by atoms with E-state index in [1.165, 1.54) is 4.31 Å². The van der Waals surface area contributed by atoms with Gasteiger partial charge in [-0.25, -0.2) is 0 Å². The Morgan fingerprint density at radius 3 is 2.29 bits per heavy atom. The van der Waals surface area contributed by atoms with Crippen LogP contribution < -0.4 is 4.72 Å². The number of likely N-dealkylation sites (tertiary alicyclic amines) is 1. The van der Waals surface area contributed by atoms with Crippen molar-refractivity contribution in [3.05, 3.63) is 0 Å². The van der Waals surface area contributed by atoms with E-state index in [-0.39, 0.29) is 24.7 Å². The normalized spacial score (nSPS) is 28.6. The first kappa shape index (κ1) is 16.7. The van der Waals surface area contributed by atoms with Crippen LogP contribution in [-0.4, -0.2) is 68.5 Å². The molecule has 1 N–H and O–H groups in total. The summed E-state index contributed by atoms with van der Waals surface area (Å²) in [7, 11) is -3.63. The van der Waals surface area contributed by atoms with Crippen LogP contribution >= 0.6 is 0 Å². The molecule has 0 aliphatic carbocycles. The first-order chi connectivity index (χ1) is 9.88. The van der Waals surface area contributed by atoms with Crippen LogP contribution in [-0.2, 0) is 19.7 Å². The Kier molecular flexibility index (Phi) is 5.59. The summed E-state index contributed by atoms with van der Waals surface area (Å²) in [4.78, 5) is 13.7. The number of ether oxygens (including phenoxy) is 1. The molecule has 2 heterocycles. The molecular weight excluding hydrogens is 294 g/mol. The summed E-state index contributed by atoms with van der Waals surface area (Å²) in [5.74, 6) is -0.146. The van der Waals surface area contributed by atoms with E-state index in [9.17, 15) is 13.2 Å². The van der Waals surface area contributed by atoms with E-state index < -0.39 is 10.2 Å². The average molecular weight is 319 g/mol. The number of carbonyl (C=O) groups excluding carboxylic acids is 1. The highest BCUT2D eigenvalue weighted by Gasteiger charge is 2.31. The number of piperidine rings is 1. The fraction of sp³-hybridized carbons (Fsp3) is 0.923. The van der Waals surface area contributed by atoms with Crippen molar-refractivity contribution in [1.29, 1.82) is 0 Å². The minimum Gasteiger partial charge on any atom is -0.373 e. The molecule has 0 radical (unpaired) electrons. The lowest BCUT2D eigenvalue weighted by Gasteiger charge is -2.34. The van der Waals surface area contributed by atoms with Crippen LogP contribution in [0, 0.1) is 0 Å². The standard InChI is InChI=1S/C13H25N3O4S/c1-11-9-16(10-12(2)20-11)21(18,19)14-8-13(17)15-6-4-3-5-7-15/h11-12,14H,3-10H2,1-2H3. The lowest BCUT2D eigenvalue weighted by Crippen LogP contribution is -2.53. The molecule has 2 unspecified atom stereocenters. The van der Waals surface area contributed by atoms with E-state index in [1.54, 1.807) is 4.90 Å². The maximum absolute atomic E-state index is 12.3. The molecule has 2 fully saturated rings. The second-order valence-corrected chi connectivity index (χ2v) is 7.60. The van der Waals surface area contributed by atoms with Gasteiger partial charge in [-0.05, 0) is 33.1 Å². The summed E-state index contributed by atoms with van der Waals surface area (Å²) in [6.07, 6.45) is 2.86. The molecule has 21 heavy (non-hydrogen) atoms. The van der Waals surface area contributed by atoms with Crippen LogP contribution in [0.1, 0.15) is 33.1 Å². The van der Waals surface area contributed by atoms with Gasteiger partial charge in [-0.1, -0.05) is 0 Å². The van der Waals surface area contributed by atoms with Gasteiger partial charge in [0.1, 0.15) is 0 Å². The summed E-state index contributed by atoms with van der Waals surface area (Å²) >= 11 is 0. The van der Waals surface area contributed by atoms with Crippen molar-refractivity contribution in [3.8, 4) is 0 Å². The van der Waals surface area contributed by atoms with Gasteiger partial charge in [-0.2, -0.15) is 17.4 Å². The van der Waals surface area contributed by atoms with Crippen LogP contribution in [0.3, 0.4) is 0 Å². The third kappa shape index (κ3) is 4.64. The zero-order valence-corrected chi connectivity index (χ0v) is 13.6. The van der Waals surface area contributed by atoms with Crippen LogP contribution in [0.2, 0.25) is 0 Å². The summed E-state index contributed by atoms with van der Waals surface area (Å²) in [6, 6.07) is 0. The largest absolute Gasteiger partial charge is 0.373 e. The summed E-state index contributed by atoms with van der Waals surface area (Å²) < 4.78 is 33.8. The fourth-order valence-corrected chi connectivity index (χ4v) is 4.13. The number of nitrogens with zero attached hydrogens (tertiary/aromatic N) is 2. The first-order valence-corrected chi connectivity index (χ1v) is 9.00. The second-order valence-electron chi connectivity index (χ2n) is 5.84. The smallest absolute Gasteiger partial charge is 0.280 e. The van der Waals surface area contributed by atoms with Crippen molar-refractivity contribution in [2.24, 2.45) is 0 Å².